The van der Waals surface area contributed by atoms with Crippen LogP contribution in [0.2, 0.25) is 0 Å². The van der Waals surface area contributed by atoms with E-state index in [1.807, 2.05) is 41.1 Å². The molecule has 1 aromatic carbocycles. The Balaban J connectivity index is 1.35. The molecule has 4 rings (SSSR count). The van der Waals surface area contributed by atoms with Gasteiger partial charge in [-0.15, -0.1) is 5.10 Å². The zero-order valence-electron chi connectivity index (χ0n) is 13.7. The molecule has 0 radical (unpaired) electrons. The Bertz CT molecular complexity index is 845. The third-order valence-electron chi connectivity index (χ3n) is 4.13. The first-order valence-corrected chi connectivity index (χ1v) is 8.35. The second-order valence-corrected chi connectivity index (χ2v) is 6.07. The van der Waals surface area contributed by atoms with Crippen molar-refractivity contribution >= 4 is 17.7 Å². The summed E-state index contributed by atoms with van der Waals surface area (Å²) in [5.74, 6) is 0.962. The summed E-state index contributed by atoms with van der Waals surface area (Å²) in [6.07, 6.45) is 5.00. The summed E-state index contributed by atoms with van der Waals surface area (Å²) < 4.78 is 3.63. The maximum Gasteiger partial charge on any atom is 0.326 e. The van der Waals surface area contributed by atoms with Crippen molar-refractivity contribution in [2.24, 2.45) is 0 Å². The molecule has 0 spiro atoms. The maximum atomic E-state index is 12.1. The molecule has 2 amide bonds. The van der Waals surface area contributed by atoms with Gasteiger partial charge in [0.05, 0.1) is 12.7 Å². The smallest absolute Gasteiger partial charge is 0.291 e. The van der Waals surface area contributed by atoms with Gasteiger partial charge in [-0.2, -0.15) is 5.10 Å². The number of aromatic nitrogens is 5. The fraction of sp³-hybridized carbons (Fsp3) is 0.294. The zero-order valence-corrected chi connectivity index (χ0v) is 13.7. The SMILES string of the molecule is O=C(Nc1cn(Cc2ccccc2)nn1)Nc1cc2n(n1)CCCC2. The molecule has 8 heteroatoms. The van der Waals surface area contributed by atoms with Crippen LogP contribution >= 0.6 is 0 Å². The molecule has 3 heterocycles. The summed E-state index contributed by atoms with van der Waals surface area (Å²) in [4.78, 5) is 12.1. The van der Waals surface area contributed by atoms with Gasteiger partial charge in [-0.25, -0.2) is 9.48 Å². The van der Waals surface area contributed by atoms with Gasteiger partial charge >= 0.3 is 6.03 Å². The van der Waals surface area contributed by atoms with Crippen molar-refractivity contribution in [1.29, 1.82) is 0 Å². The highest BCUT2D eigenvalue weighted by Crippen LogP contribution is 2.18. The first-order valence-electron chi connectivity index (χ1n) is 8.35. The van der Waals surface area contributed by atoms with Gasteiger partial charge in [0.1, 0.15) is 0 Å². The van der Waals surface area contributed by atoms with Gasteiger partial charge in [0.2, 0.25) is 0 Å². The Kier molecular flexibility index (Phi) is 4.16. The summed E-state index contributed by atoms with van der Waals surface area (Å²) in [6.45, 7) is 1.51. The van der Waals surface area contributed by atoms with Crippen LogP contribution in [0.5, 0.6) is 0 Å². The quantitative estimate of drug-likeness (QED) is 0.765. The standard InChI is InChI=1S/C17H19N7O/c25-17(18-15-10-14-8-4-5-9-24(14)21-15)19-16-12-23(22-20-16)11-13-6-2-1-3-7-13/h1-3,6-7,10,12H,4-5,8-9,11H2,(H2,18,19,21,25). The molecule has 3 aromatic rings. The number of hydrogen-bond acceptors (Lipinski definition) is 4. The molecule has 0 atom stereocenters. The van der Waals surface area contributed by atoms with Gasteiger partial charge in [-0.1, -0.05) is 35.5 Å². The third kappa shape index (κ3) is 3.68. The maximum absolute atomic E-state index is 12.1. The number of amides is 2. The molecule has 0 bridgehead atoms. The molecule has 2 aromatic heterocycles. The molecule has 128 valence electrons. The highest BCUT2D eigenvalue weighted by atomic mass is 16.2. The molecule has 8 nitrogen and oxygen atoms in total. The highest BCUT2D eigenvalue weighted by Gasteiger charge is 2.14. The lowest BCUT2D eigenvalue weighted by Crippen LogP contribution is -2.20. The number of anilines is 2. The van der Waals surface area contributed by atoms with Crippen LogP contribution in [0.4, 0.5) is 16.4 Å². The van der Waals surface area contributed by atoms with Crippen LogP contribution in [-0.2, 0) is 19.5 Å². The van der Waals surface area contributed by atoms with Gasteiger partial charge in [0.15, 0.2) is 11.6 Å². The van der Waals surface area contributed by atoms with Crippen molar-refractivity contribution in [2.75, 3.05) is 10.6 Å². The van der Waals surface area contributed by atoms with Gasteiger partial charge in [-0.3, -0.25) is 15.3 Å². The third-order valence-corrected chi connectivity index (χ3v) is 4.13. The predicted octanol–water partition coefficient (Wildman–Crippen LogP) is 2.50. The molecular formula is C17H19N7O. The number of benzene rings is 1. The number of rotatable bonds is 4. The van der Waals surface area contributed by atoms with Gasteiger partial charge in [-0.05, 0) is 24.8 Å². The second-order valence-electron chi connectivity index (χ2n) is 6.07. The zero-order chi connectivity index (χ0) is 17.1. The Morgan fingerprint density at radius 1 is 1.12 bits per heavy atom. The molecule has 1 aliphatic rings. The largest absolute Gasteiger partial charge is 0.326 e. The number of carbonyl (C=O) groups is 1. The van der Waals surface area contributed by atoms with E-state index in [1.165, 1.54) is 6.42 Å². The summed E-state index contributed by atoms with van der Waals surface area (Å²) in [5.41, 5.74) is 2.28. The van der Waals surface area contributed by atoms with E-state index in [1.54, 1.807) is 10.9 Å². The molecule has 0 saturated heterocycles. The monoisotopic (exact) mass is 337 g/mol. The number of aryl methyl sites for hydroxylation is 2. The number of urea groups is 1. The normalized spacial score (nSPS) is 13.3. The predicted molar refractivity (Wildman–Crippen MR) is 93.4 cm³/mol. The van der Waals surface area contributed by atoms with Gasteiger partial charge < -0.3 is 0 Å². The topological polar surface area (TPSA) is 89.7 Å². The van der Waals surface area contributed by atoms with Crippen LogP contribution in [-0.4, -0.2) is 30.8 Å². The molecule has 0 saturated carbocycles. The van der Waals surface area contributed by atoms with Crippen molar-refractivity contribution < 1.29 is 4.79 Å². The average Bonchev–Trinajstić information content (AvgIpc) is 3.21. The molecule has 25 heavy (non-hydrogen) atoms. The summed E-state index contributed by atoms with van der Waals surface area (Å²) >= 11 is 0. The summed E-state index contributed by atoms with van der Waals surface area (Å²) in [6, 6.07) is 11.5. The Morgan fingerprint density at radius 2 is 1.96 bits per heavy atom. The van der Waals surface area contributed by atoms with Crippen LogP contribution in [0, 0.1) is 0 Å². The highest BCUT2D eigenvalue weighted by molar-refractivity contribution is 5.98. The van der Waals surface area contributed by atoms with E-state index in [0.717, 1.165) is 30.6 Å². The average molecular weight is 337 g/mol. The first-order chi connectivity index (χ1) is 12.3. The van der Waals surface area contributed by atoms with Crippen molar-refractivity contribution in [2.45, 2.75) is 32.4 Å². The lowest BCUT2D eigenvalue weighted by atomic mass is 10.1. The van der Waals surface area contributed by atoms with E-state index < -0.39 is 0 Å². The van der Waals surface area contributed by atoms with E-state index in [2.05, 4.69) is 26.0 Å². The van der Waals surface area contributed by atoms with E-state index in [9.17, 15) is 4.79 Å². The molecule has 2 N–H and O–H groups in total. The minimum atomic E-state index is -0.373. The van der Waals surface area contributed by atoms with Crippen molar-refractivity contribution in [1.82, 2.24) is 24.8 Å². The Hall–Kier alpha value is -3.16. The van der Waals surface area contributed by atoms with Crippen molar-refractivity contribution in [3.8, 4) is 0 Å². The minimum Gasteiger partial charge on any atom is -0.291 e. The minimum absolute atomic E-state index is 0.373. The van der Waals surface area contributed by atoms with Crippen molar-refractivity contribution in [3.05, 3.63) is 53.9 Å². The lowest BCUT2D eigenvalue weighted by molar-refractivity contribution is 0.262. The Morgan fingerprint density at radius 3 is 2.80 bits per heavy atom. The van der Waals surface area contributed by atoms with Crippen LogP contribution in [0.15, 0.2) is 42.6 Å². The number of carbonyl (C=O) groups excluding carboxylic acids is 1. The van der Waals surface area contributed by atoms with Crippen LogP contribution in [0.25, 0.3) is 0 Å². The second kappa shape index (κ2) is 6.76. The molecule has 0 aliphatic carbocycles. The Labute approximate surface area is 144 Å². The molecule has 1 aliphatic heterocycles. The summed E-state index contributed by atoms with van der Waals surface area (Å²) in [5, 5.41) is 17.8. The fourth-order valence-corrected chi connectivity index (χ4v) is 2.95. The summed E-state index contributed by atoms with van der Waals surface area (Å²) in [7, 11) is 0. The number of hydrogen-bond donors (Lipinski definition) is 2. The van der Waals surface area contributed by atoms with E-state index >= 15 is 0 Å². The van der Waals surface area contributed by atoms with E-state index in [-0.39, 0.29) is 6.03 Å². The number of nitrogens with zero attached hydrogens (tertiary/aromatic N) is 5. The van der Waals surface area contributed by atoms with E-state index in [0.29, 0.717) is 18.2 Å². The number of fused-ring (bicyclic) bond motifs is 1. The molecule has 0 unspecified atom stereocenters. The number of nitrogens with one attached hydrogen (secondary N) is 2. The van der Waals surface area contributed by atoms with Gasteiger partial charge in [0, 0.05) is 18.3 Å². The van der Waals surface area contributed by atoms with Crippen LogP contribution in [0.1, 0.15) is 24.1 Å². The lowest BCUT2D eigenvalue weighted by Gasteiger charge is -2.11. The molecular weight excluding hydrogens is 318 g/mol. The van der Waals surface area contributed by atoms with Crippen molar-refractivity contribution in [3.63, 3.8) is 0 Å². The van der Waals surface area contributed by atoms with Crippen LogP contribution in [0.3, 0.4) is 0 Å². The van der Waals surface area contributed by atoms with E-state index in [4.69, 9.17) is 0 Å². The fourth-order valence-electron chi connectivity index (χ4n) is 2.95. The molecule has 0 fully saturated rings. The first kappa shape index (κ1) is 15.4. The van der Waals surface area contributed by atoms with Crippen LogP contribution < -0.4 is 10.6 Å². The van der Waals surface area contributed by atoms with Gasteiger partial charge in [0.25, 0.3) is 0 Å².